The molecule has 0 spiro atoms. The first-order valence-electron chi connectivity index (χ1n) is 8.82. The van der Waals surface area contributed by atoms with E-state index in [1.165, 1.54) is 6.07 Å². The second-order valence-corrected chi connectivity index (χ2v) is 8.30. The summed E-state index contributed by atoms with van der Waals surface area (Å²) in [5, 5.41) is 0. The van der Waals surface area contributed by atoms with Gasteiger partial charge in [0.25, 0.3) is 0 Å². The van der Waals surface area contributed by atoms with Crippen LogP contribution in [0.15, 0.2) is 53.4 Å². The number of sulfonamides is 1. The Balaban J connectivity index is 1.53. The van der Waals surface area contributed by atoms with Crippen molar-refractivity contribution in [2.75, 3.05) is 26.4 Å². The van der Waals surface area contributed by atoms with Crippen molar-refractivity contribution >= 4 is 10.0 Å². The molecule has 0 aromatic heterocycles. The van der Waals surface area contributed by atoms with Gasteiger partial charge in [-0.2, -0.15) is 0 Å². The van der Waals surface area contributed by atoms with Crippen LogP contribution in [0.2, 0.25) is 0 Å². The normalized spacial score (nSPS) is 18.2. The molecule has 4 rings (SSSR count). The summed E-state index contributed by atoms with van der Waals surface area (Å²) in [7, 11) is -3.63. The summed E-state index contributed by atoms with van der Waals surface area (Å²) < 4.78 is 38.8. The van der Waals surface area contributed by atoms with Crippen LogP contribution >= 0.6 is 0 Å². The molecule has 2 aliphatic rings. The van der Waals surface area contributed by atoms with Gasteiger partial charge in [0.05, 0.1) is 4.90 Å². The van der Waals surface area contributed by atoms with Gasteiger partial charge in [0.1, 0.15) is 0 Å². The van der Waals surface area contributed by atoms with E-state index in [1.54, 1.807) is 12.1 Å². The molecule has 2 heterocycles. The molecular weight excluding hydrogens is 352 g/mol. The predicted molar refractivity (Wildman–Crippen MR) is 97.7 cm³/mol. The van der Waals surface area contributed by atoms with Gasteiger partial charge in [-0.15, -0.1) is 0 Å². The summed E-state index contributed by atoms with van der Waals surface area (Å²) >= 11 is 0. The van der Waals surface area contributed by atoms with Crippen LogP contribution < -0.4 is 14.2 Å². The first kappa shape index (κ1) is 17.3. The number of nitrogens with one attached hydrogen (secondary N) is 1. The van der Waals surface area contributed by atoms with E-state index >= 15 is 0 Å². The first-order valence-corrected chi connectivity index (χ1v) is 10.3. The average molecular weight is 374 g/mol. The fourth-order valence-electron chi connectivity index (χ4n) is 3.50. The average Bonchev–Trinajstić information content (AvgIpc) is 3.34. The van der Waals surface area contributed by atoms with Crippen molar-refractivity contribution in [3.05, 3.63) is 54.1 Å². The van der Waals surface area contributed by atoms with Gasteiger partial charge in [-0.25, -0.2) is 13.1 Å². The van der Waals surface area contributed by atoms with Crippen molar-refractivity contribution in [1.29, 1.82) is 0 Å². The Morgan fingerprint density at radius 3 is 2.50 bits per heavy atom. The second kappa shape index (κ2) is 7.26. The van der Waals surface area contributed by atoms with E-state index < -0.39 is 10.0 Å². The molecule has 2 aromatic rings. The van der Waals surface area contributed by atoms with Gasteiger partial charge in [-0.05, 0) is 43.6 Å². The van der Waals surface area contributed by atoms with Crippen LogP contribution in [0.25, 0.3) is 0 Å². The molecule has 2 aromatic carbocycles. The predicted octanol–water partition coefficient (Wildman–Crippen LogP) is 2.53. The molecule has 26 heavy (non-hydrogen) atoms. The molecule has 1 atom stereocenters. The minimum atomic E-state index is -3.63. The summed E-state index contributed by atoms with van der Waals surface area (Å²) in [6, 6.07) is 14.8. The van der Waals surface area contributed by atoms with Crippen molar-refractivity contribution in [3.8, 4) is 11.5 Å². The molecule has 1 N–H and O–H groups in total. The number of benzene rings is 2. The maximum Gasteiger partial charge on any atom is 0.240 e. The van der Waals surface area contributed by atoms with Gasteiger partial charge in [-0.3, -0.25) is 4.90 Å². The van der Waals surface area contributed by atoms with Gasteiger partial charge >= 0.3 is 0 Å². The standard InChI is InChI=1S/C19H22N2O4S/c22-26(23,16-8-9-18-19(12-16)25-14-24-18)20-13-17(21-10-4-5-11-21)15-6-2-1-3-7-15/h1-3,6-9,12,17,20H,4-5,10-11,13-14H2/t17-/m0/s1. The molecular formula is C19H22N2O4S. The summed E-state index contributed by atoms with van der Waals surface area (Å²) in [5.74, 6) is 1.04. The maximum absolute atomic E-state index is 12.8. The summed E-state index contributed by atoms with van der Waals surface area (Å²) in [6.45, 7) is 2.44. The van der Waals surface area contributed by atoms with E-state index in [4.69, 9.17) is 9.47 Å². The van der Waals surface area contributed by atoms with Crippen molar-refractivity contribution in [1.82, 2.24) is 9.62 Å². The first-order chi connectivity index (χ1) is 12.6. The summed E-state index contributed by atoms with van der Waals surface area (Å²) in [4.78, 5) is 2.53. The molecule has 0 saturated carbocycles. The topological polar surface area (TPSA) is 67.9 Å². The third kappa shape index (κ3) is 3.56. The number of hydrogen-bond acceptors (Lipinski definition) is 5. The third-order valence-corrected chi connectivity index (χ3v) is 6.31. The number of fused-ring (bicyclic) bond motifs is 1. The maximum atomic E-state index is 12.8. The highest BCUT2D eigenvalue weighted by Gasteiger charge is 2.26. The zero-order valence-corrected chi connectivity index (χ0v) is 15.2. The monoisotopic (exact) mass is 374 g/mol. The van der Waals surface area contributed by atoms with Crippen LogP contribution in [0.4, 0.5) is 0 Å². The number of ether oxygens (including phenoxy) is 2. The zero-order chi connectivity index (χ0) is 18.0. The molecule has 138 valence electrons. The Kier molecular flexibility index (Phi) is 4.84. The fourth-order valence-corrected chi connectivity index (χ4v) is 4.56. The van der Waals surface area contributed by atoms with E-state index in [0.29, 0.717) is 18.0 Å². The van der Waals surface area contributed by atoms with Crippen molar-refractivity contribution in [2.45, 2.75) is 23.8 Å². The minimum Gasteiger partial charge on any atom is -0.454 e. The quantitative estimate of drug-likeness (QED) is 0.842. The van der Waals surface area contributed by atoms with Crippen LogP contribution in [0.1, 0.15) is 24.4 Å². The van der Waals surface area contributed by atoms with Gasteiger partial charge < -0.3 is 9.47 Å². The van der Waals surface area contributed by atoms with E-state index in [-0.39, 0.29) is 17.7 Å². The Hall–Kier alpha value is -2.09. The van der Waals surface area contributed by atoms with Crippen LogP contribution in [-0.2, 0) is 10.0 Å². The van der Waals surface area contributed by atoms with E-state index in [9.17, 15) is 8.42 Å². The smallest absolute Gasteiger partial charge is 0.240 e. The summed E-state index contributed by atoms with van der Waals surface area (Å²) in [5.41, 5.74) is 1.13. The Morgan fingerprint density at radius 1 is 1.00 bits per heavy atom. The zero-order valence-electron chi connectivity index (χ0n) is 14.4. The molecule has 0 aliphatic carbocycles. The highest BCUT2D eigenvalue weighted by atomic mass is 32.2. The van der Waals surface area contributed by atoms with Crippen LogP contribution in [0.3, 0.4) is 0 Å². The van der Waals surface area contributed by atoms with Gasteiger partial charge in [0.15, 0.2) is 11.5 Å². The highest BCUT2D eigenvalue weighted by molar-refractivity contribution is 7.89. The van der Waals surface area contributed by atoms with Gasteiger partial charge in [-0.1, -0.05) is 30.3 Å². The van der Waals surface area contributed by atoms with E-state index in [1.807, 2.05) is 18.2 Å². The van der Waals surface area contributed by atoms with E-state index in [0.717, 1.165) is 31.5 Å². The van der Waals surface area contributed by atoms with Crippen LogP contribution in [0, 0.1) is 0 Å². The Bertz CT molecular complexity index is 864. The lowest BCUT2D eigenvalue weighted by atomic mass is 10.1. The SMILES string of the molecule is O=S(=O)(NC[C@@H](c1ccccc1)N1CCCC1)c1ccc2c(c1)OCO2. The lowest BCUT2D eigenvalue weighted by molar-refractivity contribution is 0.174. The molecule has 1 fully saturated rings. The van der Waals surface area contributed by atoms with Gasteiger partial charge in [0.2, 0.25) is 16.8 Å². The molecule has 0 radical (unpaired) electrons. The molecule has 0 amide bonds. The third-order valence-electron chi connectivity index (χ3n) is 4.89. The second-order valence-electron chi connectivity index (χ2n) is 6.54. The fraction of sp³-hybridized carbons (Fsp3) is 0.368. The van der Waals surface area contributed by atoms with Gasteiger partial charge in [0, 0.05) is 18.7 Å². The number of nitrogens with zero attached hydrogens (tertiary/aromatic N) is 1. The van der Waals surface area contributed by atoms with Crippen molar-refractivity contribution in [3.63, 3.8) is 0 Å². The minimum absolute atomic E-state index is 0.0301. The Labute approximate surface area is 153 Å². The largest absolute Gasteiger partial charge is 0.454 e. The molecule has 6 nitrogen and oxygen atoms in total. The number of rotatable bonds is 6. The lowest BCUT2D eigenvalue weighted by Gasteiger charge is -2.28. The molecule has 1 saturated heterocycles. The lowest BCUT2D eigenvalue weighted by Crippen LogP contribution is -2.36. The van der Waals surface area contributed by atoms with Crippen LogP contribution in [-0.4, -0.2) is 39.7 Å². The highest BCUT2D eigenvalue weighted by Crippen LogP contribution is 2.34. The summed E-state index contributed by atoms with van der Waals surface area (Å²) in [6.07, 6.45) is 2.30. The molecule has 0 unspecified atom stereocenters. The van der Waals surface area contributed by atoms with Crippen molar-refractivity contribution < 1.29 is 17.9 Å². The van der Waals surface area contributed by atoms with Crippen LogP contribution in [0.5, 0.6) is 11.5 Å². The van der Waals surface area contributed by atoms with E-state index in [2.05, 4.69) is 21.8 Å². The molecule has 0 bridgehead atoms. The molecule has 7 heteroatoms. The number of hydrogen-bond donors (Lipinski definition) is 1. The van der Waals surface area contributed by atoms with Crippen molar-refractivity contribution in [2.24, 2.45) is 0 Å². The Morgan fingerprint density at radius 2 is 1.73 bits per heavy atom. The number of likely N-dealkylation sites (tertiary alicyclic amines) is 1. The molecule has 2 aliphatic heterocycles.